The average Bonchev–Trinajstić information content (AvgIpc) is 3.29. The molecule has 4 rings (SSSR count). The van der Waals surface area contributed by atoms with E-state index in [0.29, 0.717) is 28.1 Å². The molecule has 2 N–H and O–H groups in total. The predicted molar refractivity (Wildman–Crippen MR) is 194 cm³/mol. The Hall–Kier alpha value is -3.12. The smallest absolute Gasteiger partial charge is 0.325 e. The van der Waals surface area contributed by atoms with E-state index < -0.39 is 58.3 Å². The van der Waals surface area contributed by atoms with Gasteiger partial charge in [0.05, 0.1) is 18.9 Å². The lowest BCUT2D eigenvalue weighted by molar-refractivity contribution is -0.134. The fourth-order valence-corrected chi connectivity index (χ4v) is 6.85. The first kappa shape index (κ1) is 36.7. The van der Waals surface area contributed by atoms with Crippen LogP contribution in [0.2, 0.25) is 39.3 Å². The van der Waals surface area contributed by atoms with Crippen LogP contribution in [-0.4, -0.2) is 64.7 Å². The van der Waals surface area contributed by atoms with E-state index in [1.165, 1.54) is 12.1 Å². The molecule has 0 saturated carbocycles. The number of urea groups is 1. The van der Waals surface area contributed by atoms with Crippen LogP contribution in [0.5, 0.6) is 5.75 Å². The molecule has 13 heteroatoms. The Balaban J connectivity index is 1.55. The van der Waals surface area contributed by atoms with Crippen molar-refractivity contribution < 1.29 is 32.4 Å². The van der Waals surface area contributed by atoms with Crippen LogP contribution in [0, 0.1) is 9.39 Å². The number of hydrogen-bond donors (Lipinski definition) is 2. The maximum Gasteiger partial charge on any atom is 0.325 e. The topological polar surface area (TPSA) is 106 Å². The lowest BCUT2D eigenvalue weighted by Gasteiger charge is -2.30. The van der Waals surface area contributed by atoms with Gasteiger partial charge >= 0.3 is 6.03 Å². The van der Waals surface area contributed by atoms with Crippen LogP contribution in [0.4, 0.5) is 14.9 Å². The minimum atomic E-state index is -1.79. The zero-order valence-corrected chi connectivity index (χ0v) is 32.0. The van der Waals surface area contributed by atoms with Gasteiger partial charge in [-0.2, -0.15) is 0 Å². The molecular formula is C34H43FIN3O6Si2. The Morgan fingerprint density at radius 3 is 2.09 bits per heavy atom. The zero-order chi connectivity index (χ0) is 34.5. The molecule has 1 aliphatic rings. The van der Waals surface area contributed by atoms with Crippen molar-refractivity contribution in [1.29, 1.82) is 0 Å². The first-order valence-corrected chi connectivity index (χ1v) is 23.4. The van der Waals surface area contributed by atoms with E-state index in [0.717, 1.165) is 10.5 Å². The molecule has 1 aliphatic heterocycles. The number of nitrogens with zero attached hydrogens (tertiary/aromatic N) is 1. The number of carbonyl (C=O) groups is 3. The molecule has 3 atom stereocenters. The fraction of sp³-hybridized carbons (Fsp3) is 0.382. The summed E-state index contributed by atoms with van der Waals surface area (Å²) in [6.07, 6.45) is -0.320. The van der Waals surface area contributed by atoms with Crippen LogP contribution in [0.15, 0.2) is 72.8 Å². The summed E-state index contributed by atoms with van der Waals surface area (Å²) in [5, 5.41) is 5.34. The second-order valence-corrected chi connectivity index (χ2v) is 23.8. The summed E-state index contributed by atoms with van der Waals surface area (Å²) in [6, 6.07) is 17.4. The van der Waals surface area contributed by atoms with Gasteiger partial charge < -0.3 is 24.2 Å². The van der Waals surface area contributed by atoms with Crippen molar-refractivity contribution in [2.75, 3.05) is 18.5 Å². The summed E-state index contributed by atoms with van der Waals surface area (Å²) >= 11 is 1.98. The van der Waals surface area contributed by atoms with Gasteiger partial charge in [-0.25, -0.2) is 14.1 Å². The Labute approximate surface area is 291 Å². The number of hydrogen-bond acceptors (Lipinski definition) is 6. The second kappa shape index (κ2) is 15.4. The monoisotopic (exact) mass is 791 g/mol. The number of ether oxygens (including phenoxy) is 1. The van der Waals surface area contributed by atoms with Crippen molar-refractivity contribution in [3.05, 3.63) is 93.3 Å². The lowest BCUT2D eigenvalue weighted by atomic mass is 9.91. The largest absolute Gasteiger partial charge is 0.486 e. The first-order chi connectivity index (χ1) is 22.0. The standard InChI is InChI=1S/C34H43FIN3O6Si2/c1-22(23-11-9-8-10-12-23)31(32(40)37-29-18-15-25(36)19-28(29)35)39-33(41)30(38-34(39)42)24-13-16-26(17-14-24)45-27(20-43-46(2,3)4)21-44-47(5,6)7/h8-19,22,27,30-31H,20-21H2,1-7H3,(H,37,40)(H,38,42)/t22-,30?,31-/m0/s1. The van der Waals surface area contributed by atoms with E-state index in [2.05, 4.69) is 49.9 Å². The highest BCUT2D eigenvalue weighted by Gasteiger charge is 2.47. The molecule has 47 heavy (non-hydrogen) atoms. The normalized spacial score (nSPS) is 16.6. The van der Waals surface area contributed by atoms with Crippen molar-refractivity contribution in [3.63, 3.8) is 0 Å². The van der Waals surface area contributed by atoms with E-state index in [-0.39, 0.29) is 11.8 Å². The number of imide groups is 1. The van der Waals surface area contributed by atoms with Gasteiger partial charge in [-0.15, -0.1) is 0 Å². The van der Waals surface area contributed by atoms with Crippen LogP contribution in [0.3, 0.4) is 0 Å². The quantitative estimate of drug-likeness (QED) is 0.101. The Morgan fingerprint density at radius 2 is 1.53 bits per heavy atom. The number of amides is 4. The molecular weight excluding hydrogens is 748 g/mol. The molecule has 1 saturated heterocycles. The molecule has 1 unspecified atom stereocenters. The van der Waals surface area contributed by atoms with E-state index in [4.69, 9.17) is 13.6 Å². The second-order valence-electron chi connectivity index (χ2n) is 13.5. The third kappa shape index (κ3) is 10.2. The van der Waals surface area contributed by atoms with Crippen LogP contribution in [0.1, 0.15) is 30.0 Å². The zero-order valence-electron chi connectivity index (χ0n) is 27.8. The maximum atomic E-state index is 14.7. The molecule has 4 amide bonds. The number of benzene rings is 3. The van der Waals surface area contributed by atoms with Gasteiger partial charge in [0, 0.05) is 9.49 Å². The van der Waals surface area contributed by atoms with Gasteiger partial charge in [0.25, 0.3) is 5.91 Å². The van der Waals surface area contributed by atoms with Crippen molar-refractivity contribution in [1.82, 2.24) is 10.2 Å². The molecule has 1 fully saturated rings. The van der Waals surface area contributed by atoms with Gasteiger partial charge in [0.1, 0.15) is 29.8 Å². The summed E-state index contributed by atoms with van der Waals surface area (Å²) in [4.78, 5) is 42.1. The molecule has 0 aromatic heterocycles. The molecule has 9 nitrogen and oxygen atoms in total. The summed E-state index contributed by atoms with van der Waals surface area (Å²) in [6.45, 7) is 15.2. The highest BCUT2D eigenvalue weighted by Crippen LogP contribution is 2.32. The minimum Gasteiger partial charge on any atom is -0.486 e. The van der Waals surface area contributed by atoms with E-state index in [1.807, 2.05) is 52.9 Å². The fourth-order valence-electron chi connectivity index (χ4n) is 5.02. The third-order valence-corrected chi connectivity index (χ3v) is 10.2. The molecule has 0 bridgehead atoms. The third-order valence-electron chi connectivity index (χ3n) is 7.43. The lowest BCUT2D eigenvalue weighted by Crippen LogP contribution is -2.50. The highest BCUT2D eigenvalue weighted by molar-refractivity contribution is 14.1. The number of anilines is 1. The molecule has 1 heterocycles. The Kier molecular flexibility index (Phi) is 12.0. The molecule has 3 aromatic carbocycles. The Morgan fingerprint density at radius 1 is 0.936 bits per heavy atom. The van der Waals surface area contributed by atoms with Gasteiger partial charge in [-0.1, -0.05) is 49.4 Å². The highest BCUT2D eigenvalue weighted by atomic mass is 127. The maximum absolute atomic E-state index is 14.7. The minimum absolute atomic E-state index is 0.0383. The molecule has 0 aliphatic carbocycles. The van der Waals surface area contributed by atoms with Crippen molar-refractivity contribution >= 4 is 62.8 Å². The van der Waals surface area contributed by atoms with Gasteiger partial charge in [-0.05, 0) is 103 Å². The van der Waals surface area contributed by atoms with Gasteiger partial charge in [0.15, 0.2) is 16.6 Å². The SMILES string of the molecule is C[C@@H](c1ccccc1)[C@@H](C(=O)Nc1ccc(I)cc1F)N1C(=O)NC(c2ccc(OC(CO[Si](C)(C)C)CO[Si](C)(C)C)cc2)C1=O. The van der Waals surface area contributed by atoms with Gasteiger partial charge in [0.2, 0.25) is 5.91 Å². The van der Waals surface area contributed by atoms with Crippen LogP contribution in [0.25, 0.3) is 0 Å². The first-order valence-electron chi connectivity index (χ1n) is 15.5. The number of carbonyl (C=O) groups excluding carboxylic acids is 3. The van der Waals surface area contributed by atoms with Crippen LogP contribution >= 0.6 is 22.6 Å². The van der Waals surface area contributed by atoms with E-state index >= 15 is 0 Å². The van der Waals surface area contributed by atoms with Crippen molar-refractivity contribution in [2.24, 2.45) is 0 Å². The average molecular weight is 792 g/mol. The number of halogens is 2. The summed E-state index contributed by atoms with van der Waals surface area (Å²) in [5.41, 5.74) is 1.23. The summed E-state index contributed by atoms with van der Waals surface area (Å²) in [5.74, 6) is -1.91. The van der Waals surface area contributed by atoms with E-state index in [1.54, 1.807) is 37.3 Å². The van der Waals surface area contributed by atoms with Crippen LogP contribution in [-0.2, 0) is 18.4 Å². The van der Waals surface area contributed by atoms with Gasteiger partial charge in [-0.3, -0.25) is 9.59 Å². The summed E-state index contributed by atoms with van der Waals surface area (Å²) < 4.78 is 33.8. The molecule has 252 valence electrons. The number of rotatable bonds is 14. The number of nitrogens with one attached hydrogen (secondary N) is 2. The Bertz CT molecular complexity index is 1550. The van der Waals surface area contributed by atoms with Crippen LogP contribution < -0.4 is 15.4 Å². The predicted octanol–water partition coefficient (Wildman–Crippen LogP) is 7.28. The molecule has 0 spiro atoms. The summed E-state index contributed by atoms with van der Waals surface area (Å²) in [7, 11) is -3.58. The van der Waals surface area contributed by atoms with Crippen molar-refractivity contribution in [2.45, 2.75) is 70.3 Å². The van der Waals surface area contributed by atoms with Crippen molar-refractivity contribution in [3.8, 4) is 5.75 Å². The molecule has 3 aromatic rings. The van der Waals surface area contributed by atoms with E-state index in [9.17, 15) is 18.8 Å². The molecule has 0 radical (unpaired) electrons.